The van der Waals surface area contributed by atoms with E-state index >= 15 is 0 Å². The number of carboxylic acids is 1. The van der Waals surface area contributed by atoms with E-state index in [1.165, 1.54) is 24.8 Å². The van der Waals surface area contributed by atoms with Crippen LogP contribution < -0.4 is 5.32 Å². The molecule has 2 N–H and O–H groups in total. The van der Waals surface area contributed by atoms with Gasteiger partial charge in [0.1, 0.15) is 12.1 Å². The molecule has 0 spiro atoms. The molecular formula is C12H8FN3O3. The second-order valence-corrected chi connectivity index (χ2v) is 3.58. The first-order valence-corrected chi connectivity index (χ1v) is 5.17. The van der Waals surface area contributed by atoms with Crippen molar-refractivity contribution in [1.82, 2.24) is 9.97 Å². The van der Waals surface area contributed by atoms with E-state index in [1.807, 2.05) is 0 Å². The first-order chi connectivity index (χ1) is 9.08. The molecule has 0 aliphatic carbocycles. The van der Waals surface area contributed by atoms with Gasteiger partial charge in [-0.1, -0.05) is 0 Å². The van der Waals surface area contributed by atoms with Crippen molar-refractivity contribution in [3.63, 3.8) is 0 Å². The van der Waals surface area contributed by atoms with E-state index in [1.54, 1.807) is 0 Å². The number of aromatic carboxylic acids is 1. The molecule has 1 aromatic heterocycles. The van der Waals surface area contributed by atoms with E-state index in [0.29, 0.717) is 0 Å². The van der Waals surface area contributed by atoms with Gasteiger partial charge in [0.15, 0.2) is 0 Å². The van der Waals surface area contributed by atoms with Crippen molar-refractivity contribution in [3.8, 4) is 0 Å². The summed E-state index contributed by atoms with van der Waals surface area (Å²) in [6.45, 7) is 0. The Morgan fingerprint density at radius 2 is 1.89 bits per heavy atom. The Morgan fingerprint density at radius 1 is 1.21 bits per heavy atom. The average molecular weight is 261 g/mol. The highest BCUT2D eigenvalue weighted by atomic mass is 19.1. The molecule has 0 saturated carbocycles. The molecule has 2 aromatic rings. The zero-order chi connectivity index (χ0) is 13.8. The SMILES string of the molecule is O=C(Nc1ccc(C(=O)O)c(F)c1)c1cncnc1. The van der Waals surface area contributed by atoms with Gasteiger partial charge in [-0.3, -0.25) is 4.79 Å². The van der Waals surface area contributed by atoms with E-state index in [4.69, 9.17) is 5.11 Å². The lowest BCUT2D eigenvalue weighted by molar-refractivity contribution is 0.0692. The van der Waals surface area contributed by atoms with Crippen molar-refractivity contribution in [2.45, 2.75) is 0 Å². The number of hydrogen-bond acceptors (Lipinski definition) is 4. The topological polar surface area (TPSA) is 92.2 Å². The van der Waals surface area contributed by atoms with Crippen LogP contribution in [0.2, 0.25) is 0 Å². The van der Waals surface area contributed by atoms with Crippen LogP contribution >= 0.6 is 0 Å². The average Bonchev–Trinajstić information content (AvgIpc) is 2.39. The van der Waals surface area contributed by atoms with Crippen LogP contribution in [0.3, 0.4) is 0 Å². The summed E-state index contributed by atoms with van der Waals surface area (Å²) >= 11 is 0. The normalized spacial score (nSPS) is 9.95. The molecule has 1 amide bonds. The molecule has 0 saturated heterocycles. The number of rotatable bonds is 3. The summed E-state index contributed by atoms with van der Waals surface area (Å²) < 4.78 is 13.4. The zero-order valence-corrected chi connectivity index (χ0v) is 9.50. The third-order valence-electron chi connectivity index (χ3n) is 2.28. The summed E-state index contributed by atoms with van der Waals surface area (Å²) in [7, 11) is 0. The molecule has 0 fully saturated rings. The standard InChI is InChI=1S/C12H8FN3O3/c13-10-3-8(1-2-9(10)12(18)19)16-11(17)7-4-14-6-15-5-7/h1-6H,(H,16,17)(H,18,19). The van der Waals surface area contributed by atoms with Crippen LogP contribution in [-0.2, 0) is 0 Å². The number of amides is 1. The van der Waals surface area contributed by atoms with E-state index in [0.717, 1.165) is 12.1 Å². The molecule has 1 aromatic carbocycles. The summed E-state index contributed by atoms with van der Waals surface area (Å²) in [5.74, 6) is -2.80. The maximum absolute atomic E-state index is 13.4. The fraction of sp³-hybridized carbons (Fsp3) is 0. The lowest BCUT2D eigenvalue weighted by Gasteiger charge is -2.05. The fourth-order valence-corrected chi connectivity index (χ4v) is 1.39. The monoisotopic (exact) mass is 261 g/mol. The van der Waals surface area contributed by atoms with Crippen LogP contribution in [-0.4, -0.2) is 27.0 Å². The summed E-state index contributed by atoms with van der Waals surface area (Å²) in [6, 6.07) is 3.31. The number of carbonyl (C=O) groups excluding carboxylic acids is 1. The predicted molar refractivity (Wildman–Crippen MR) is 63.3 cm³/mol. The van der Waals surface area contributed by atoms with E-state index < -0.39 is 23.3 Å². The van der Waals surface area contributed by atoms with Crippen molar-refractivity contribution in [3.05, 3.63) is 53.9 Å². The molecule has 0 atom stereocenters. The lowest BCUT2D eigenvalue weighted by atomic mass is 10.2. The van der Waals surface area contributed by atoms with Gasteiger partial charge in [-0.15, -0.1) is 0 Å². The number of aromatic nitrogens is 2. The molecule has 0 aliphatic heterocycles. The van der Waals surface area contributed by atoms with Gasteiger partial charge in [0.05, 0.1) is 11.1 Å². The maximum atomic E-state index is 13.4. The second kappa shape index (κ2) is 5.21. The molecule has 0 aliphatic rings. The van der Waals surface area contributed by atoms with Crippen LogP contribution in [0, 0.1) is 5.82 Å². The van der Waals surface area contributed by atoms with Gasteiger partial charge in [-0.2, -0.15) is 0 Å². The largest absolute Gasteiger partial charge is 0.478 e. The minimum atomic E-state index is -1.37. The van der Waals surface area contributed by atoms with Gasteiger partial charge >= 0.3 is 5.97 Å². The first kappa shape index (κ1) is 12.6. The van der Waals surface area contributed by atoms with Gasteiger partial charge in [0, 0.05) is 18.1 Å². The molecular weight excluding hydrogens is 253 g/mol. The van der Waals surface area contributed by atoms with Crippen LogP contribution in [0.5, 0.6) is 0 Å². The highest BCUT2D eigenvalue weighted by Gasteiger charge is 2.12. The number of anilines is 1. The Balaban J connectivity index is 2.19. The number of hydrogen-bond donors (Lipinski definition) is 2. The predicted octanol–water partition coefficient (Wildman–Crippen LogP) is 1.57. The quantitative estimate of drug-likeness (QED) is 0.874. The van der Waals surface area contributed by atoms with Crippen molar-refractivity contribution >= 4 is 17.6 Å². The highest BCUT2D eigenvalue weighted by Crippen LogP contribution is 2.15. The Labute approximate surface area is 106 Å². The van der Waals surface area contributed by atoms with Crippen molar-refractivity contribution < 1.29 is 19.1 Å². The minimum absolute atomic E-state index is 0.149. The molecule has 6 nitrogen and oxygen atoms in total. The molecule has 1 heterocycles. The van der Waals surface area contributed by atoms with Crippen LogP contribution in [0.4, 0.5) is 10.1 Å². The van der Waals surface area contributed by atoms with Crippen LogP contribution in [0.1, 0.15) is 20.7 Å². The van der Waals surface area contributed by atoms with Gasteiger partial charge in [0.25, 0.3) is 5.91 Å². The number of benzene rings is 1. The summed E-state index contributed by atoms with van der Waals surface area (Å²) in [4.78, 5) is 29.7. The molecule has 96 valence electrons. The number of nitrogens with one attached hydrogen (secondary N) is 1. The Morgan fingerprint density at radius 3 is 2.47 bits per heavy atom. The van der Waals surface area contributed by atoms with Gasteiger partial charge in [0.2, 0.25) is 0 Å². The molecule has 0 radical (unpaired) electrons. The van der Waals surface area contributed by atoms with Gasteiger partial charge in [-0.25, -0.2) is 19.2 Å². The fourth-order valence-electron chi connectivity index (χ4n) is 1.39. The summed E-state index contributed by atoms with van der Waals surface area (Å²) in [5.41, 5.74) is -0.0948. The number of nitrogens with zero attached hydrogens (tertiary/aromatic N) is 2. The second-order valence-electron chi connectivity index (χ2n) is 3.58. The Bertz CT molecular complexity index is 631. The van der Waals surface area contributed by atoms with Gasteiger partial charge < -0.3 is 10.4 Å². The number of carboxylic acid groups (broad SMARTS) is 1. The van der Waals surface area contributed by atoms with Crippen molar-refractivity contribution in [1.29, 1.82) is 0 Å². The molecule has 0 unspecified atom stereocenters. The third kappa shape index (κ3) is 2.89. The lowest BCUT2D eigenvalue weighted by Crippen LogP contribution is -2.13. The first-order valence-electron chi connectivity index (χ1n) is 5.17. The molecule has 0 bridgehead atoms. The minimum Gasteiger partial charge on any atom is -0.478 e. The maximum Gasteiger partial charge on any atom is 0.338 e. The summed E-state index contributed by atoms with van der Waals surface area (Å²) in [5, 5.41) is 11.1. The zero-order valence-electron chi connectivity index (χ0n) is 9.50. The third-order valence-corrected chi connectivity index (χ3v) is 2.28. The molecule has 19 heavy (non-hydrogen) atoms. The summed E-state index contributed by atoms with van der Waals surface area (Å²) in [6.07, 6.45) is 3.90. The van der Waals surface area contributed by atoms with Crippen LogP contribution in [0.15, 0.2) is 36.9 Å². The van der Waals surface area contributed by atoms with Gasteiger partial charge in [-0.05, 0) is 18.2 Å². The van der Waals surface area contributed by atoms with Crippen molar-refractivity contribution in [2.24, 2.45) is 0 Å². The number of carbonyl (C=O) groups is 2. The van der Waals surface area contributed by atoms with E-state index in [-0.39, 0.29) is 11.3 Å². The molecule has 2 rings (SSSR count). The Kier molecular flexibility index (Phi) is 3.46. The molecule has 7 heteroatoms. The van der Waals surface area contributed by atoms with Crippen LogP contribution in [0.25, 0.3) is 0 Å². The van der Waals surface area contributed by atoms with E-state index in [9.17, 15) is 14.0 Å². The smallest absolute Gasteiger partial charge is 0.338 e. The Hall–Kier alpha value is -2.83. The van der Waals surface area contributed by atoms with Crippen molar-refractivity contribution in [2.75, 3.05) is 5.32 Å². The van der Waals surface area contributed by atoms with E-state index in [2.05, 4.69) is 15.3 Å². The number of halogens is 1. The highest BCUT2D eigenvalue weighted by molar-refractivity contribution is 6.04.